The lowest BCUT2D eigenvalue weighted by atomic mass is 10.0. The number of carboxylic acid groups (broad SMARTS) is 1. The fourth-order valence-electron chi connectivity index (χ4n) is 1.77. The maximum absolute atomic E-state index is 10.9. The van der Waals surface area contributed by atoms with Gasteiger partial charge >= 0.3 is 5.97 Å². The van der Waals surface area contributed by atoms with Crippen LogP contribution >= 0.6 is 23.2 Å². The van der Waals surface area contributed by atoms with Crippen LogP contribution in [0.5, 0.6) is 5.75 Å². The van der Waals surface area contributed by atoms with Crippen molar-refractivity contribution in [2.45, 2.75) is 0 Å². The minimum absolute atomic E-state index is 0.161. The van der Waals surface area contributed by atoms with Crippen LogP contribution in [0, 0.1) is 0 Å². The first-order valence-corrected chi connectivity index (χ1v) is 6.14. The van der Waals surface area contributed by atoms with Crippen LogP contribution in [0.25, 0.3) is 11.1 Å². The van der Waals surface area contributed by atoms with Gasteiger partial charge in [-0.05, 0) is 42.0 Å². The highest BCUT2D eigenvalue weighted by atomic mass is 35.5. The highest BCUT2D eigenvalue weighted by Crippen LogP contribution is 2.34. The summed E-state index contributed by atoms with van der Waals surface area (Å²) >= 11 is 11.9. The number of hydrogen-bond acceptors (Lipinski definition) is 2. The summed E-state index contributed by atoms with van der Waals surface area (Å²) in [6.45, 7) is 0. The van der Waals surface area contributed by atoms with E-state index in [1.807, 2.05) is 0 Å². The van der Waals surface area contributed by atoms with E-state index < -0.39 is 5.97 Å². The molecule has 0 unspecified atom stereocenters. The Morgan fingerprint density at radius 3 is 2.26 bits per heavy atom. The number of benzene rings is 2. The lowest BCUT2D eigenvalue weighted by Gasteiger charge is -2.10. The van der Waals surface area contributed by atoms with Crippen LogP contribution in [-0.2, 0) is 0 Å². The van der Waals surface area contributed by atoms with E-state index in [0.29, 0.717) is 15.8 Å². The molecule has 0 saturated carbocycles. The Bertz CT molecular complexity index is 618. The van der Waals surface area contributed by atoms with E-state index >= 15 is 0 Å². The molecule has 2 rings (SSSR count). The molecule has 3 nitrogen and oxygen atoms in total. The second-order valence-corrected chi connectivity index (χ2v) is 4.75. The second-order valence-electron chi connectivity index (χ2n) is 3.88. The monoisotopic (exact) mass is 296 g/mol. The molecule has 0 spiro atoms. The third-order valence-corrected chi connectivity index (χ3v) is 3.06. The summed E-state index contributed by atoms with van der Waals surface area (Å²) in [7, 11) is 1.48. The van der Waals surface area contributed by atoms with Gasteiger partial charge in [0.15, 0.2) is 0 Å². The first-order chi connectivity index (χ1) is 9.01. The van der Waals surface area contributed by atoms with E-state index in [1.165, 1.54) is 19.2 Å². The minimum Gasteiger partial charge on any atom is -0.496 e. The number of rotatable bonds is 3. The van der Waals surface area contributed by atoms with Crippen LogP contribution in [0.2, 0.25) is 10.0 Å². The summed E-state index contributed by atoms with van der Waals surface area (Å²) in [6, 6.07) is 9.76. The van der Waals surface area contributed by atoms with Gasteiger partial charge in [-0.25, -0.2) is 4.79 Å². The first-order valence-electron chi connectivity index (χ1n) is 5.39. The van der Waals surface area contributed by atoms with Crippen molar-refractivity contribution in [2.24, 2.45) is 0 Å². The van der Waals surface area contributed by atoms with E-state index in [-0.39, 0.29) is 5.56 Å². The molecule has 5 heteroatoms. The third-order valence-electron chi connectivity index (χ3n) is 2.62. The van der Waals surface area contributed by atoms with Crippen LogP contribution in [0.3, 0.4) is 0 Å². The Hall–Kier alpha value is -1.71. The number of methoxy groups -OCH3 is 1. The Morgan fingerprint density at radius 2 is 1.74 bits per heavy atom. The van der Waals surface area contributed by atoms with Gasteiger partial charge in [-0.1, -0.05) is 23.2 Å². The van der Waals surface area contributed by atoms with Crippen molar-refractivity contribution < 1.29 is 14.6 Å². The SMILES string of the molecule is COc1cc(C(=O)O)ccc1-c1cc(Cl)cc(Cl)c1. The molecule has 0 aromatic heterocycles. The zero-order chi connectivity index (χ0) is 14.0. The van der Waals surface area contributed by atoms with Gasteiger partial charge in [0, 0.05) is 15.6 Å². The van der Waals surface area contributed by atoms with Crippen LogP contribution in [0.4, 0.5) is 0 Å². The van der Waals surface area contributed by atoms with Gasteiger partial charge in [0.2, 0.25) is 0 Å². The molecule has 0 atom stereocenters. The maximum atomic E-state index is 10.9. The summed E-state index contributed by atoms with van der Waals surface area (Å²) in [6.07, 6.45) is 0. The quantitative estimate of drug-likeness (QED) is 0.915. The Morgan fingerprint density at radius 1 is 1.11 bits per heavy atom. The normalized spacial score (nSPS) is 10.3. The Kier molecular flexibility index (Phi) is 3.98. The fraction of sp³-hybridized carbons (Fsp3) is 0.0714. The molecule has 0 amide bonds. The van der Waals surface area contributed by atoms with Crippen molar-refractivity contribution in [3.05, 3.63) is 52.0 Å². The van der Waals surface area contributed by atoms with E-state index in [2.05, 4.69) is 0 Å². The van der Waals surface area contributed by atoms with Crippen molar-refractivity contribution in [1.82, 2.24) is 0 Å². The van der Waals surface area contributed by atoms with Gasteiger partial charge in [0.1, 0.15) is 5.75 Å². The number of hydrogen-bond donors (Lipinski definition) is 1. The van der Waals surface area contributed by atoms with Crippen molar-refractivity contribution in [1.29, 1.82) is 0 Å². The van der Waals surface area contributed by atoms with Gasteiger partial charge in [0.25, 0.3) is 0 Å². The molecule has 0 aliphatic rings. The van der Waals surface area contributed by atoms with Crippen LogP contribution in [0.1, 0.15) is 10.4 Å². The lowest BCUT2D eigenvalue weighted by Crippen LogP contribution is -1.98. The van der Waals surface area contributed by atoms with E-state index in [0.717, 1.165) is 11.1 Å². The summed E-state index contributed by atoms with van der Waals surface area (Å²) in [5.41, 5.74) is 1.66. The largest absolute Gasteiger partial charge is 0.496 e. The first kappa shape index (κ1) is 13.7. The highest BCUT2D eigenvalue weighted by Gasteiger charge is 2.11. The summed E-state index contributed by atoms with van der Waals surface area (Å²) in [5, 5.41) is 9.97. The highest BCUT2D eigenvalue weighted by molar-refractivity contribution is 6.35. The molecule has 0 saturated heterocycles. The van der Waals surface area contributed by atoms with Crippen molar-refractivity contribution >= 4 is 29.2 Å². The average Bonchev–Trinajstić information content (AvgIpc) is 2.36. The van der Waals surface area contributed by atoms with Crippen LogP contribution < -0.4 is 4.74 Å². The maximum Gasteiger partial charge on any atom is 0.335 e. The molecule has 0 heterocycles. The molecule has 0 bridgehead atoms. The lowest BCUT2D eigenvalue weighted by molar-refractivity contribution is 0.0696. The predicted molar refractivity (Wildman–Crippen MR) is 75.4 cm³/mol. The number of carboxylic acids is 1. The number of aromatic carboxylic acids is 1. The molecule has 0 aliphatic heterocycles. The van der Waals surface area contributed by atoms with Crippen LogP contribution in [-0.4, -0.2) is 18.2 Å². The molecule has 0 aliphatic carbocycles. The van der Waals surface area contributed by atoms with Crippen molar-refractivity contribution in [2.75, 3.05) is 7.11 Å². The fourth-order valence-corrected chi connectivity index (χ4v) is 2.30. The average molecular weight is 297 g/mol. The molecule has 1 N–H and O–H groups in total. The Balaban J connectivity index is 2.58. The van der Waals surface area contributed by atoms with Crippen molar-refractivity contribution in [3.8, 4) is 16.9 Å². The second kappa shape index (κ2) is 5.51. The zero-order valence-corrected chi connectivity index (χ0v) is 11.5. The molecular weight excluding hydrogens is 287 g/mol. The van der Waals surface area contributed by atoms with Crippen LogP contribution in [0.15, 0.2) is 36.4 Å². The predicted octanol–water partition coefficient (Wildman–Crippen LogP) is 4.37. The molecule has 2 aromatic rings. The van der Waals surface area contributed by atoms with Gasteiger partial charge in [-0.2, -0.15) is 0 Å². The van der Waals surface area contributed by atoms with Gasteiger partial charge in [0.05, 0.1) is 12.7 Å². The molecular formula is C14H10Cl2O3. The van der Waals surface area contributed by atoms with E-state index in [9.17, 15) is 4.79 Å². The van der Waals surface area contributed by atoms with Gasteiger partial charge in [-0.3, -0.25) is 0 Å². The van der Waals surface area contributed by atoms with Gasteiger partial charge < -0.3 is 9.84 Å². The van der Waals surface area contributed by atoms with E-state index in [1.54, 1.807) is 24.3 Å². The third kappa shape index (κ3) is 3.00. The van der Waals surface area contributed by atoms with Gasteiger partial charge in [-0.15, -0.1) is 0 Å². The smallest absolute Gasteiger partial charge is 0.335 e. The molecule has 2 aromatic carbocycles. The van der Waals surface area contributed by atoms with E-state index in [4.69, 9.17) is 33.0 Å². The topological polar surface area (TPSA) is 46.5 Å². The summed E-state index contributed by atoms with van der Waals surface area (Å²) in [5.74, 6) is -0.549. The molecule has 0 radical (unpaired) electrons. The number of halogens is 2. The zero-order valence-electron chi connectivity index (χ0n) is 9.98. The number of carbonyl (C=O) groups is 1. The molecule has 19 heavy (non-hydrogen) atoms. The van der Waals surface area contributed by atoms with Crippen molar-refractivity contribution in [3.63, 3.8) is 0 Å². The Labute approximate surface area is 120 Å². The number of ether oxygens (including phenoxy) is 1. The minimum atomic E-state index is -1.01. The molecule has 0 fully saturated rings. The summed E-state index contributed by atoms with van der Waals surface area (Å²) in [4.78, 5) is 10.9. The standard InChI is InChI=1S/C14H10Cl2O3/c1-19-13-6-8(14(17)18)2-3-12(13)9-4-10(15)7-11(16)5-9/h2-7H,1H3,(H,17,18). The molecule has 98 valence electrons. The summed E-state index contributed by atoms with van der Waals surface area (Å²) < 4.78 is 5.22.